The van der Waals surface area contributed by atoms with E-state index in [2.05, 4.69) is 88.4 Å². The van der Waals surface area contributed by atoms with Crippen LogP contribution in [0.5, 0.6) is 11.5 Å². The zero-order valence-corrected chi connectivity index (χ0v) is 28.2. The first kappa shape index (κ1) is 35.2. The molecular formula is C36H55NO5. The van der Waals surface area contributed by atoms with Gasteiger partial charge in [0.1, 0.15) is 18.1 Å². The highest BCUT2D eigenvalue weighted by atomic mass is 16.5. The summed E-state index contributed by atoms with van der Waals surface area (Å²) in [7, 11) is 0. The molecule has 0 radical (unpaired) electrons. The van der Waals surface area contributed by atoms with Crippen LogP contribution in [0.2, 0.25) is 0 Å². The average Bonchev–Trinajstić information content (AvgIpc) is 2.82. The molecule has 2 aromatic rings. The molecule has 0 saturated heterocycles. The van der Waals surface area contributed by atoms with Crippen molar-refractivity contribution in [1.82, 2.24) is 5.32 Å². The summed E-state index contributed by atoms with van der Waals surface area (Å²) in [5.74, 6) is 0.231. The minimum Gasteiger partial charge on any atom is -0.507 e. The zero-order chi connectivity index (χ0) is 32.3. The van der Waals surface area contributed by atoms with Crippen molar-refractivity contribution in [2.75, 3.05) is 13.2 Å². The van der Waals surface area contributed by atoms with Gasteiger partial charge in [-0.1, -0.05) is 107 Å². The highest BCUT2D eigenvalue weighted by molar-refractivity contribution is 5.76. The van der Waals surface area contributed by atoms with Gasteiger partial charge in [-0.05, 0) is 67.9 Å². The number of aromatic hydroxyl groups is 2. The topological polar surface area (TPSA) is 95.9 Å². The lowest BCUT2D eigenvalue weighted by atomic mass is 9.78. The van der Waals surface area contributed by atoms with E-state index in [1.54, 1.807) is 0 Å². The third-order valence-electron chi connectivity index (χ3n) is 7.52. The van der Waals surface area contributed by atoms with Gasteiger partial charge in [0.05, 0.1) is 6.54 Å². The molecule has 0 aromatic heterocycles. The van der Waals surface area contributed by atoms with E-state index in [1.807, 2.05) is 24.3 Å². The second kappa shape index (κ2) is 13.1. The van der Waals surface area contributed by atoms with Crippen molar-refractivity contribution in [3.63, 3.8) is 0 Å². The van der Waals surface area contributed by atoms with Crippen LogP contribution in [0.1, 0.15) is 129 Å². The number of ether oxygens (including phenoxy) is 1. The summed E-state index contributed by atoms with van der Waals surface area (Å²) in [6.45, 7) is 25.2. The predicted molar refractivity (Wildman–Crippen MR) is 172 cm³/mol. The van der Waals surface area contributed by atoms with Crippen molar-refractivity contribution in [2.24, 2.45) is 0 Å². The second-order valence-electron chi connectivity index (χ2n) is 15.6. The van der Waals surface area contributed by atoms with Gasteiger partial charge in [-0.15, -0.1) is 0 Å². The third kappa shape index (κ3) is 9.78. The summed E-state index contributed by atoms with van der Waals surface area (Å²) < 4.78 is 5.38. The highest BCUT2D eigenvalue weighted by Crippen LogP contribution is 2.41. The van der Waals surface area contributed by atoms with Gasteiger partial charge < -0.3 is 20.3 Å². The number of esters is 1. The summed E-state index contributed by atoms with van der Waals surface area (Å²) in [6.07, 6.45) is 1.59. The van der Waals surface area contributed by atoms with E-state index in [1.165, 1.54) is 0 Å². The minimum atomic E-state index is -0.319. The molecule has 6 nitrogen and oxygen atoms in total. The fourth-order valence-electron chi connectivity index (χ4n) is 4.98. The number of phenols is 2. The van der Waals surface area contributed by atoms with Crippen LogP contribution >= 0.6 is 0 Å². The largest absolute Gasteiger partial charge is 0.507 e. The van der Waals surface area contributed by atoms with Gasteiger partial charge in [-0.3, -0.25) is 9.59 Å². The van der Waals surface area contributed by atoms with Crippen molar-refractivity contribution < 1.29 is 24.5 Å². The fourth-order valence-corrected chi connectivity index (χ4v) is 4.98. The standard InChI is InChI=1S/C36H55NO5/c1-33(2,3)25-19-23(20-26(31(25)40)34(4,5)6)13-15-29(38)37-17-18-42-30(39)16-14-24-21-27(35(7,8)9)32(41)28(22-24)36(10,11)12/h19-22,40-41H,13-18H2,1-12H3,(H,37,38). The number of benzene rings is 2. The van der Waals surface area contributed by atoms with Crippen LogP contribution < -0.4 is 5.32 Å². The van der Waals surface area contributed by atoms with E-state index in [0.29, 0.717) is 30.8 Å². The number of rotatable bonds is 9. The predicted octanol–water partition coefficient (Wildman–Crippen LogP) is 7.51. The minimum absolute atomic E-state index is 0.109. The van der Waals surface area contributed by atoms with Crippen LogP contribution in [0, 0.1) is 0 Å². The summed E-state index contributed by atoms with van der Waals surface area (Å²) in [6, 6.07) is 7.98. The maximum absolute atomic E-state index is 12.5. The number of nitrogens with one attached hydrogen (secondary N) is 1. The first-order chi connectivity index (χ1) is 19.0. The van der Waals surface area contributed by atoms with Gasteiger partial charge in [0.25, 0.3) is 0 Å². The highest BCUT2D eigenvalue weighted by Gasteiger charge is 2.28. The number of aryl methyl sites for hydroxylation is 2. The monoisotopic (exact) mass is 581 g/mol. The van der Waals surface area contributed by atoms with Crippen molar-refractivity contribution in [2.45, 2.75) is 130 Å². The molecule has 1 amide bonds. The van der Waals surface area contributed by atoms with E-state index in [9.17, 15) is 19.8 Å². The number of carbonyl (C=O) groups excluding carboxylic acids is 2. The van der Waals surface area contributed by atoms with E-state index < -0.39 is 0 Å². The van der Waals surface area contributed by atoms with E-state index in [4.69, 9.17) is 4.74 Å². The molecule has 0 unspecified atom stereocenters. The van der Waals surface area contributed by atoms with Crippen LogP contribution in [-0.2, 0) is 48.8 Å². The van der Waals surface area contributed by atoms with Crippen LogP contribution in [-0.4, -0.2) is 35.2 Å². The molecule has 2 rings (SSSR count). The maximum atomic E-state index is 12.5. The SMILES string of the molecule is CC(C)(C)c1cc(CCC(=O)NCCOC(=O)CCc2cc(C(C)(C)C)c(O)c(C(C)(C)C)c2)cc(C(C)(C)C)c1O. The van der Waals surface area contributed by atoms with Gasteiger partial charge in [-0.2, -0.15) is 0 Å². The van der Waals surface area contributed by atoms with E-state index in [-0.39, 0.29) is 53.1 Å². The Hall–Kier alpha value is -3.02. The molecule has 0 heterocycles. The molecule has 0 bridgehead atoms. The number of hydrogen-bond donors (Lipinski definition) is 3. The van der Waals surface area contributed by atoms with Gasteiger partial charge >= 0.3 is 5.97 Å². The van der Waals surface area contributed by atoms with E-state index >= 15 is 0 Å². The molecule has 0 aliphatic carbocycles. The fraction of sp³-hybridized carbons (Fsp3) is 0.611. The van der Waals surface area contributed by atoms with Crippen molar-refractivity contribution in [3.05, 3.63) is 57.6 Å². The molecule has 0 fully saturated rings. The van der Waals surface area contributed by atoms with Crippen molar-refractivity contribution in [1.29, 1.82) is 0 Å². The Morgan fingerprint density at radius 1 is 0.619 bits per heavy atom. The molecule has 234 valence electrons. The quantitative estimate of drug-likeness (QED) is 0.210. The normalized spacial score (nSPS) is 12.8. The number of carbonyl (C=O) groups is 2. The smallest absolute Gasteiger partial charge is 0.306 e. The molecule has 0 atom stereocenters. The van der Waals surface area contributed by atoms with Gasteiger partial charge in [0.15, 0.2) is 0 Å². The van der Waals surface area contributed by atoms with E-state index in [0.717, 1.165) is 33.4 Å². The Balaban J connectivity index is 1.91. The number of hydrogen-bond acceptors (Lipinski definition) is 5. The molecule has 42 heavy (non-hydrogen) atoms. The lowest BCUT2D eigenvalue weighted by molar-refractivity contribution is -0.143. The first-order valence-electron chi connectivity index (χ1n) is 15.2. The van der Waals surface area contributed by atoms with Crippen LogP contribution in [0.25, 0.3) is 0 Å². The van der Waals surface area contributed by atoms with Gasteiger partial charge in [0, 0.05) is 12.8 Å². The Kier molecular flexibility index (Phi) is 11.0. The van der Waals surface area contributed by atoms with Crippen LogP contribution in [0.3, 0.4) is 0 Å². The Labute approximate surface area is 254 Å². The first-order valence-corrected chi connectivity index (χ1v) is 15.2. The summed E-state index contributed by atoms with van der Waals surface area (Å²) in [5.41, 5.74) is 4.61. The lowest BCUT2D eigenvalue weighted by Gasteiger charge is -2.28. The number of phenolic OH excluding ortho intramolecular Hbond substituents is 2. The van der Waals surface area contributed by atoms with Crippen LogP contribution in [0.4, 0.5) is 0 Å². The molecule has 6 heteroatoms. The molecule has 0 aliphatic rings. The van der Waals surface area contributed by atoms with Gasteiger partial charge in [0.2, 0.25) is 5.91 Å². The summed E-state index contributed by atoms with van der Waals surface area (Å²) >= 11 is 0. The van der Waals surface area contributed by atoms with Crippen molar-refractivity contribution in [3.8, 4) is 11.5 Å². The maximum Gasteiger partial charge on any atom is 0.306 e. The number of amides is 1. The van der Waals surface area contributed by atoms with Crippen LogP contribution in [0.15, 0.2) is 24.3 Å². The second-order valence-corrected chi connectivity index (χ2v) is 15.6. The Morgan fingerprint density at radius 2 is 0.952 bits per heavy atom. The Morgan fingerprint density at radius 3 is 1.29 bits per heavy atom. The molecule has 2 aromatic carbocycles. The zero-order valence-electron chi connectivity index (χ0n) is 28.2. The third-order valence-corrected chi connectivity index (χ3v) is 7.52. The molecule has 3 N–H and O–H groups in total. The molecule has 0 spiro atoms. The van der Waals surface area contributed by atoms with Gasteiger partial charge in [-0.25, -0.2) is 0 Å². The van der Waals surface area contributed by atoms with Crippen molar-refractivity contribution >= 4 is 11.9 Å². The Bertz CT molecular complexity index is 1090. The molecule has 0 saturated carbocycles. The molecular weight excluding hydrogens is 526 g/mol. The lowest BCUT2D eigenvalue weighted by Crippen LogP contribution is -2.28. The summed E-state index contributed by atoms with van der Waals surface area (Å²) in [4.78, 5) is 25.0. The molecule has 0 aliphatic heterocycles. The average molecular weight is 582 g/mol. The summed E-state index contributed by atoms with van der Waals surface area (Å²) in [5, 5.41) is 24.7.